The average molecular weight is 476 g/mol. The van der Waals surface area contributed by atoms with Crippen molar-refractivity contribution in [2.45, 2.75) is 25.2 Å². The van der Waals surface area contributed by atoms with Crippen LogP contribution in [0.4, 0.5) is 11.4 Å². The van der Waals surface area contributed by atoms with Crippen molar-refractivity contribution >= 4 is 59.2 Å². The van der Waals surface area contributed by atoms with Crippen LogP contribution in [0.25, 0.3) is 0 Å². The van der Waals surface area contributed by atoms with Gasteiger partial charge < -0.3 is 5.32 Å². The molecule has 5 nitrogen and oxygen atoms in total. The lowest BCUT2D eigenvalue weighted by molar-refractivity contribution is -0.115. The van der Waals surface area contributed by atoms with Gasteiger partial charge in [0.05, 0.1) is 5.69 Å². The number of hydrogen-bond acceptors (Lipinski definition) is 3. The summed E-state index contributed by atoms with van der Waals surface area (Å²) in [5, 5.41) is 2.71. The smallest absolute Gasteiger partial charge is 0.263 e. The summed E-state index contributed by atoms with van der Waals surface area (Å²) in [5.74, 6) is -0.137. The molecule has 2 rings (SSSR count). The largest absolute Gasteiger partial charge is 0.326 e. The Morgan fingerprint density at radius 2 is 1.83 bits per heavy atom. The number of amides is 1. The molecule has 0 saturated carbocycles. The van der Waals surface area contributed by atoms with E-state index < -0.39 is 10.0 Å². The van der Waals surface area contributed by atoms with Crippen molar-refractivity contribution in [1.29, 1.82) is 0 Å². The third kappa shape index (κ3) is 4.58. The van der Waals surface area contributed by atoms with Crippen LogP contribution in [-0.2, 0) is 14.8 Å². The molecule has 0 atom stereocenters. The molecule has 0 aliphatic carbocycles. The number of halogens is 2. The molecule has 128 valence electrons. The Kier molecular flexibility index (Phi) is 6.06. The molecular weight excluding hydrogens is 460 g/mol. The zero-order valence-electron chi connectivity index (χ0n) is 13.1. The Hall–Kier alpha value is -1.38. The third-order valence-corrected chi connectivity index (χ3v) is 6.12. The van der Waals surface area contributed by atoms with Crippen LogP contribution in [0.2, 0.25) is 0 Å². The number of benzene rings is 2. The summed E-state index contributed by atoms with van der Waals surface area (Å²) in [5.41, 5.74) is 1.70. The topological polar surface area (TPSA) is 75.3 Å². The third-order valence-electron chi connectivity index (χ3n) is 3.27. The molecule has 0 heterocycles. The maximum absolute atomic E-state index is 12.7. The van der Waals surface area contributed by atoms with Gasteiger partial charge in [0, 0.05) is 21.1 Å². The average Bonchev–Trinajstić information content (AvgIpc) is 2.52. The van der Waals surface area contributed by atoms with E-state index >= 15 is 0 Å². The molecule has 0 radical (unpaired) electrons. The second-order valence-corrected chi connectivity index (χ2v) is 8.53. The zero-order chi connectivity index (χ0) is 17.9. The van der Waals surface area contributed by atoms with Crippen molar-refractivity contribution in [1.82, 2.24) is 0 Å². The lowest BCUT2D eigenvalue weighted by Crippen LogP contribution is -2.15. The van der Waals surface area contributed by atoms with E-state index in [1.54, 1.807) is 44.2 Å². The fourth-order valence-corrected chi connectivity index (χ4v) is 4.57. The summed E-state index contributed by atoms with van der Waals surface area (Å²) in [6.45, 7) is 3.54. The quantitative estimate of drug-likeness (QED) is 0.659. The van der Waals surface area contributed by atoms with Crippen molar-refractivity contribution < 1.29 is 13.2 Å². The summed E-state index contributed by atoms with van der Waals surface area (Å²) in [4.78, 5) is 11.6. The first-order valence-corrected chi connectivity index (χ1v) is 10.2. The van der Waals surface area contributed by atoms with E-state index in [9.17, 15) is 13.2 Å². The van der Waals surface area contributed by atoms with Crippen molar-refractivity contribution in [3.63, 3.8) is 0 Å². The van der Waals surface area contributed by atoms with E-state index in [2.05, 4.69) is 41.9 Å². The number of carbonyl (C=O) groups excluding carboxylic acids is 1. The van der Waals surface area contributed by atoms with Crippen molar-refractivity contribution in [2.24, 2.45) is 0 Å². The van der Waals surface area contributed by atoms with Gasteiger partial charge in [-0.15, -0.1) is 0 Å². The Labute approximate surface area is 158 Å². The fourth-order valence-electron chi connectivity index (χ4n) is 1.94. The van der Waals surface area contributed by atoms with Crippen LogP contribution in [0.5, 0.6) is 0 Å². The van der Waals surface area contributed by atoms with Crippen LogP contribution in [0.3, 0.4) is 0 Å². The molecule has 1 amide bonds. The van der Waals surface area contributed by atoms with E-state index in [-0.39, 0.29) is 10.8 Å². The number of sulfonamides is 1. The van der Waals surface area contributed by atoms with Gasteiger partial charge in [0.15, 0.2) is 0 Å². The highest BCUT2D eigenvalue weighted by molar-refractivity contribution is 9.11. The molecule has 8 heteroatoms. The molecule has 0 saturated heterocycles. The van der Waals surface area contributed by atoms with Gasteiger partial charge in [0.2, 0.25) is 5.91 Å². The van der Waals surface area contributed by atoms with Crippen LogP contribution in [0.1, 0.15) is 18.9 Å². The number of carbonyl (C=O) groups is 1. The lowest BCUT2D eigenvalue weighted by Gasteiger charge is -2.14. The number of nitrogens with one attached hydrogen (secondary N) is 2. The van der Waals surface area contributed by atoms with Gasteiger partial charge >= 0.3 is 0 Å². The molecule has 0 aliphatic heterocycles. The number of anilines is 2. The van der Waals surface area contributed by atoms with Crippen LogP contribution >= 0.6 is 31.9 Å². The maximum atomic E-state index is 12.7. The number of rotatable bonds is 5. The summed E-state index contributed by atoms with van der Waals surface area (Å²) in [6, 6.07) is 10.0. The monoisotopic (exact) mass is 474 g/mol. The van der Waals surface area contributed by atoms with E-state index in [0.717, 1.165) is 5.56 Å². The Morgan fingerprint density at radius 1 is 1.12 bits per heavy atom. The van der Waals surface area contributed by atoms with E-state index in [1.807, 2.05) is 0 Å². The van der Waals surface area contributed by atoms with E-state index in [1.165, 1.54) is 6.07 Å². The van der Waals surface area contributed by atoms with E-state index in [4.69, 9.17) is 0 Å². The van der Waals surface area contributed by atoms with Crippen LogP contribution in [0, 0.1) is 6.92 Å². The Balaban J connectivity index is 2.37. The molecule has 0 bridgehead atoms. The van der Waals surface area contributed by atoms with Gasteiger partial charge in [-0.3, -0.25) is 9.52 Å². The van der Waals surface area contributed by atoms with Gasteiger partial charge in [0.1, 0.15) is 4.90 Å². The minimum atomic E-state index is -3.78. The number of aryl methyl sites for hydroxylation is 1. The van der Waals surface area contributed by atoms with Crippen LogP contribution < -0.4 is 10.0 Å². The molecule has 2 aromatic carbocycles. The maximum Gasteiger partial charge on any atom is 0.263 e. The molecule has 0 aliphatic rings. The van der Waals surface area contributed by atoms with Gasteiger partial charge in [-0.2, -0.15) is 0 Å². The molecule has 0 spiro atoms. The van der Waals surface area contributed by atoms with Crippen molar-refractivity contribution in [2.75, 3.05) is 10.0 Å². The predicted molar refractivity (Wildman–Crippen MR) is 103 cm³/mol. The Morgan fingerprint density at radius 3 is 2.50 bits per heavy atom. The molecular formula is C16H16Br2N2O3S. The van der Waals surface area contributed by atoms with Crippen molar-refractivity contribution in [3.8, 4) is 0 Å². The minimum absolute atomic E-state index is 0.124. The highest BCUT2D eigenvalue weighted by atomic mass is 79.9. The van der Waals surface area contributed by atoms with Gasteiger partial charge in [-0.05, 0) is 58.7 Å². The van der Waals surface area contributed by atoms with Gasteiger partial charge in [0.25, 0.3) is 10.0 Å². The molecule has 2 N–H and O–H groups in total. The first kappa shape index (κ1) is 19.0. The van der Waals surface area contributed by atoms with Crippen molar-refractivity contribution in [3.05, 3.63) is 50.9 Å². The molecule has 0 fully saturated rings. The highest BCUT2D eigenvalue weighted by Gasteiger charge is 2.19. The molecule has 0 unspecified atom stereocenters. The van der Waals surface area contributed by atoms with E-state index in [0.29, 0.717) is 26.7 Å². The standard InChI is InChI=1S/C16H16Br2N2O3S/c1-3-16(21)19-12-6-4-10(2)14(9-12)20-24(22,23)15-8-11(17)5-7-13(15)18/h4-9,20H,3H2,1-2H3,(H,19,21). The van der Waals surface area contributed by atoms with Gasteiger partial charge in [-0.25, -0.2) is 8.42 Å². The Bertz CT molecular complexity index is 883. The molecule has 2 aromatic rings. The summed E-state index contributed by atoms with van der Waals surface area (Å²) in [7, 11) is -3.78. The normalized spacial score (nSPS) is 11.2. The molecule has 0 aromatic heterocycles. The summed E-state index contributed by atoms with van der Waals surface area (Å²) in [6.07, 6.45) is 0.347. The zero-order valence-corrected chi connectivity index (χ0v) is 17.0. The van der Waals surface area contributed by atoms with Crippen LogP contribution in [0.15, 0.2) is 50.2 Å². The summed E-state index contributed by atoms with van der Waals surface area (Å²) >= 11 is 6.53. The fraction of sp³-hybridized carbons (Fsp3) is 0.188. The number of hydrogen-bond donors (Lipinski definition) is 2. The van der Waals surface area contributed by atoms with Crippen LogP contribution in [-0.4, -0.2) is 14.3 Å². The first-order chi connectivity index (χ1) is 11.2. The first-order valence-electron chi connectivity index (χ1n) is 7.11. The SMILES string of the molecule is CCC(=O)Nc1ccc(C)c(NS(=O)(=O)c2cc(Br)ccc2Br)c1. The molecule has 24 heavy (non-hydrogen) atoms. The van der Waals surface area contributed by atoms with Gasteiger partial charge in [-0.1, -0.05) is 28.9 Å². The lowest BCUT2D eigenvalue weighted by atomic mass is 10.2. The predicted octanol–water partition coefficient (Wildman–Crippen LogP) is 4.67. The minimum Gasteiger partial charge on any atom is -0.326 e. The highest BCUT2D eigenvalue weighted by Crippen LogP contribution is 2.29. The second-order valence-electron chi connectivity index (χ2n) is 5.11. The summed E-state index contributed by atoms with van der Waals surface area (Å²) < 4.78 is 29.0. The second kappa shape index (κ2) is 7.67.